The molecule has 0 heterocycles. The molecule has 0 amide bonds. The molecular weight excluding hydrogens is 266 g/mol. The highest BCUT2D eigenvalue weighted by molar-refractivity contribution is 5.01. The minimum absolute atomic E-state index is 5.31. The van der Waals surface area contributed by atoms with E-state index in [1.807, 2.05) is 0 Å². The Bertz CT molecular complexity index is 252. The van der Waals surface area contributed by atoms with Crippen molar-refractivity contribution >= 4 is 0 Å². The lowest BCUT2D eigenvalue weighted by molar-refractivity contribution is -0.426. The summed E-state index contributed by atoms with van der Waals surface area (Å²) >= 11 is 0. The SMILES string of the molecule is OC(F)(F)C(F)(F)C(F)(F)C(F)(F)C(F)F. The Morgan fingerprint density at radius 1 is 0.688 bits per heavy atom. The van der Waals surface area contributed by atoms with Gasteiger partial charge >= 0.3 is 30.3 Å². The highest BCUT2D eigenvalue weighted by atomic mass is 19.4. The van der Waals surface area contributed by atoms with E-state index in [0.29, 0.717) is 0 Å². The molecule has 0 aliphatic rings. The lowest BCUT2D eigenvalue weighted by Gasteiger charge is -2.33. The summed E-state index contributed by atoms with van der Waals surface area (Å²) < 4.78 is 118. The Balaban J connectivity index is 5.53. The van der Waals surface area contributed by atoms with Gasteiger partial charge in [0.1, 0.15) is 0 Å². The first kappa shape index (κ1) is 15.3. The number of rotatable bonds is 4. The fourth-order valence-electron chi connectivity index (χ4n) is 0.535. The second-order valence-corrected chi connectivity index (χ2v) is 2.61. The van der Waals surface area contributed by atoms with Crippen LogP contribution in [0.25, 0.3) is 0 Å². The van der Waals surface area contributed by atoms with E-state index in [9.17, 15) is 43.9 Å². The standard InChI is InChI=1S/C5H2F10O/c6-1(7)2(8,9)3(10,11)4(12,13)5(14,15)16/h1,16H. The van der Waals surface area contributed by atoms with Gasteiger partial charge in [0.15, 0.2) is 0 Å². The number of aliphatic hydroxyl groups is 1. The van der Waals surface area contributed by atoms with Gasteiger partial charge in [0.05, 0.1) is 0 Å². The first-order valence-corrected chi connectivity index (χ1v) is 3.21. The topological polar surface area (TPSA) is 20.2 Å². The predicted molar refractivity (Wildman–Crippen MR) is 28.0 cm³/mol. The number of hydrogen-bond donors (Lipinski definition) is 1. The fourth-order valence-corrected chi connectivity index (χ4v) is 0.535. The van der Waals surface area contributed by atoms with Crippen molar-refractivity contribution in [2.75, 3.05) is 0 Å². The highest BCUT2D eigenvalue weighted by Gasteiger charge is 2.83. The van der Waals surface area contributed by atoms with Crippen LogP contribution in [0.2, 0.25) is 0 Å². The van der Waals surface area contributed by atoms with Gasteiger partial charge < -0.3 is 5.11 Å². The maximum Gasteiger partial charge on any atom is 0.423 e. The van der Waals surface area contributed by atoms with E-state index >= 15 is 0 Å². The molecule has 0 aromatic rings. The van der Waals surface area contributed by atoms with Crippen molar-refractivity contribution in [2.45, 2.75) is 30.3 Å². The van der Waals surface area contributed by atoms with Crippen LogP contribution in [-0.4, -0.2) is 35.4 Å². The Kier molecular flexibility index (Phi) is 3.47. The molecule has 1 nitrogen and oxygen atoms in total. The molecule has 0 aliphatic carbocycles. The lowest BCUT2D eigenvalue weighted by atomic mass is 10.0. The zero-order valence-corrected chi connectivity index (χ0v) is 6.80. The van der Waals surface area contributed by atoms with Gasteiger partial charge in [0.2, 0.25) is 0 Å². The van der Waals surface area contributed by atoms with Gasteiger partial charge in [0, 0.05) is 0 Å². The van der Waals surface area contributed by atoms with E-state index in [-0.39, 0.29) is 0 Å². The second kappa shape index (κ2) is 3.64. The molecule has 0 aliphatic heterocycles. The van der Waals surface area contributed by atoms with Gasteiger partial charge in [-0.1, -0.05) is 0 Å². The monoisotopic (exact) mass is 268 g/mol. The van der Waals surface area contributed by atoms with Gasteiger partial charge in [-0.15, -0.1) is 0 Å². The predicted octanol–water partition coefficient (Wildman–Crippen LogP) is 2.74. The molecule has 0 atom stereocenters. The minimum atomic E-state index is -7.12. The molecule has 0 unspecified atom stereocenters. The zero-order valence-electron chi connectivity index (χ0n) is 6.80. The zero-order chi connectivity index (χ0) is 13.6. The van der Waals surface area contributed by atoms with E-state index in [4.69, 9.17) is 5.11 Å². The van der Waals surface area contributed by atoms with Crippen LogP contribution in [0.3, 0.4) is 0 Å². The van der Waals surface area contributed by atoms with E-state index in [2.05, 4.69) is 0 Å². The normalized spacial score (nSPS) is 15.8. The van der Waals surface area contributed by atoms with E-state index < -0.39 is 30.3 Å². The largest absolute Gasteiger partial charge is 0.423 e. The summed E-state index contributed by atoms with van der Waals surface area (Å²) in [6, 6.07) is 0. The molecule has 0 fully saturated rings. The third-order valence-electron chi connectivity index (χ3n) is 1.46. The molecule has 0 bridgehead atoms. The first-order valence-electron chi connectivity index (χ1n) is 3.21. The van der Waals surface area contributed by atoms with Crippen molar-refractivity contribution in [3.05, 3.63) is 0 Å². The maximum atomic E-state index is 12.1. The molecule has 0 saturated carbocycles. The van der Waals surface area contributed by atoms with Crippen LogP contribution in [0.5, 0.6) is 0 Å². The van der Waals surface area contributed by atoms with Crippen molar-refractivity contribution < 1.29 is 49.0 Å². The molecule has 0 aromatic carbocycles. The molecule has 0 spiro atoms. The van der Waals surface area contributed by atoms with Gasteiger partial charge in [-0.05, 0) is 0 Å². The van der Waals surface area contributed by atoms with Crippen LogP contribution in [-0.2, 0) is 0 Å². The van der Waals surface area contributed by atoms with Gasteiger partial charge in [-0.2, -0.15) is 35.1 Å². The molecule has 0 saturated heterocycles. The molecule has 0 aromatic heterocycles. The third-order valence-corrected chi connectivity index (χ3v) is 1.46. The minimum Gasteiger partial charge on any atom is -0.331 e. The summed E-state index contributed by atoms with van der Waals surface area (Å²) in [5.41, 5.74) is 0. The van der Waals surface area contributed by atoms with E-state index in [1.165, 1.54) is 0 Å². The van der Waals surface area contributed by atoms with Crippen molar-refractivity contribution in [2.24, 2.45) is 0 Å². The molecule has 98 valence electrons. The van der Waals surface area contributed by atoms with Crippen molar-refractivity contribution in [1.29, 1.82) is 0 Å². The third kappa shape index (κ3) is 1.92. The van der Waals surface area contributed by atoms with E-state index in [0.717, 1.165) is 0 Å². The van der Waals surface area contributed by atoms with Gasteiger partial charge in [-0.3, -0.25) is 0 Å². The van der Waals surface area contributed by atoms with E-state index in [1.54, 1.807) is 0 Å². The second-order valence-electron chi connectivity index (χ2n) is 2.61. The van der Waals surface area contributed by atoms with Gasteiger partial charge in [-0.25, -0.2) is 8.78 Å². The van der Waals surface area contributed by atoms with Crippen LogP contribution in [0.1, 0.15) is 0 Å². The summed E-state index contributed by atoms with van der Waals surface area (Å²) in [5, 5.41) is 7.28. The molecule has 0 rings (SSSR count). The summed E-state index contributed by atoms with van der Waals surface area (Å²) in [7, 11) is 0. The summed E-state index contributed by atoms with van der Waals surface area (Å²) in [5.74, 6) is -20.9. The first-order chi connectivity index (χ1) is 6.69. The van der Waals surface area contributed by atoms with Crippen LogP contribution < -0.4 is 0 Å². The van der Waals surface area contributed by atoms with Crippen molar-refractivity contribution in [3.63, 3.8) is 0 Å². The summed E-state index contributed by atoms with van der Waals surface area (Å²) in [6.45, 7) is 0. The van der Waals surface area contributed by atoms with Crippen molar-refractivity contribution in [1.82, 2.24) is 0 Å². The molecular formula is C5H2F10O. The van der Waals surface area contributed by atoms with Crippen LogP contribution in [0, 0.1) is 0 Å². The number of halogens is 10. The average molecular weight is 268 g/mol. The van der Waals surface area contributed by atoms with Crippen LogP contribution in [0.15, 0.2) is 0 Å². The fraction of sp³-hybridized carbons (Fsp3) is 1.00. The van der Waals surface area contributed by atoms with Crippen molar-refractivity contribution in [3.8, 4) is 0 Å². The Labute approximate surface area is 80.6 Å². The Morgan fingerprint density at radius 2 is 1.00 bits per heavy atom. The molecule has 1 N–H and O–H groups in total. The molecule has 0 radical (unpaired) electrons. The maximum absolute atomic E-state index is 12.1. The number of alkyl halides is 10. The Morgan fingerprint density at radius 3 is 1.19 bits per heavy atom. The Hall–Kier alpha value is -0.740. The molecule has 11 heteroatoms. The number of hydrogen-bond acceptors (Lipinski definition) is 1. The van der Waals surface area contributed by atoms with Crippen LogP contribution >= 0.6 is 0 Å². The molecule has 16 heavy (non-hydrogen) atoms. The van der Waals surface area contributed by atoms with Gasteiger partial charge in [0.25, 0.3) is 0 Å². The lowest BCUT2D eigenvalue weighted by Crippen LogP contribution is -2.64. The smallest absolute Gasteiger partial charge is 0.331 e. The van der Waals surface area contributed by atoms with Crippen LogP contribution in [0.4, 0.5) is 43.9 Å². The quantitative estimate of drug-likeness (QED) is 0.777. The average Bonchev–Trinajstić information content (AvgIpc) is 2.00. The summed E-state index contributed by atoms with van der Waals surface area (Å²) in [4.78, 5) is 0. The summed E-state index contributed by atoms with van der Waals surface area (Å²) in [6.07, 6.45) is -11.9. The highest BCUT2D eigenvalue weighted by Crippen LogP contribution is 2.53.